The Bertz CT molecular complexity index is 363. The SMILES string of the molecule is C=CC(C)c1ccc(Cl)c(C#N)c1. The van der Waals surface area contributed by atoms with Crippen molar-refractivity contribution in [3.05, 3.63) is 47.0 Å². The molecule has 0 saturated heterocycles. The van der Waals surface area contributed by atoms with Crippen LogP contribution in [0.1, 0.15) is 24.0 Å². The highest BCUT2D eigenvalue weighted by Crippen LogP contribution is 2.22. The first-order chi connectivity index (χ1) is 6.19. The van der Waals surface area contributed by atoms with Crippen LogP contribution in [0.3, 0.4) is 0 Å². The molecule has 0 aliphatic carbocycles. The highest BCUT2D eigenvalue weighted by atomic mass is 35.5. The fraction of sp³-hybridized carbons (Fsp3) is 0.182. The number of rotatable bonds is 2. The van der Waals surface area contributed by atoms with E-state index >= 15 is 0 Å². The second kappa shape index (κ2) is 4.11. The maximum absolute atomic E-state index is 8.74. The molecule has 66 valence electrons. The minimum atomic E-state index is 0.254. The van der Waals surface area contributed by atoms with Gasteiger partial charge in [0.15, 0.2) is 0 Å². The molecule has 0 aliphatic heterocycles. The van der Waals surface area contributed by atoms with E-state index in [1.165, 1.54) is 0 Å². The lowest BCUT2D eigenvalue weighted by molar-refractivity contribution is 0.970. The molecule has 13 heavy (non-hydrogen) atoms. The third kappa shape index (κ3) is 2.11. The molecule has 0 bridgehead atoms. The van der Waals surface area contributed by atoms with Gasteiger partial charge in [0.05, 0.1) is 10.6 Å². The second-order valence-corrected chi connectivity index (χ2v) is 3.28. The van der Waals surface area contributed by atoms with E-state index in [2.05, 4.69) is 6.58 Å². The van der Waals surface area contributed by atoms with Crippen molar-refractivity contribution in [2.24, 2.45) is 0 Å². The number of nitrogens with zero attached hydrogens (tertiary/aromatic N) is 1. The Hall–Kier alpha value is -1.26. The standard InChI is InChI=1S/C11H10ClN/c1-3-8(2)9-4-5-11(12)10(6-9)7-13/h3-6,8H,1H2,2H3. The molecule has 1 aromatic rings. The number of nitriles is 1. The van der Waals surface area contributed by atoms with E-state index in [1.807, 2.05) is 25.1 Å². The van der Waals surface area contributed by atoms with Gasteiger partial charge in [-0.05, 0) is 23.6 Å². The van der Waals surface area contributed by atoms with Gasteiger partial charge in [0, 0.05) is 0 Å². The van der Waals surface area contributed by atoms with Crippen LogP contribution in [-0.2, 0) is 0 Å². The molecule has 0 radical (unpaired) electrons. The van der Waals surface area contributed by atoms with Crippen LogP contribution in [0.2, 0.25) is 5.02 Å². The molecular weight excluding hydrogens is 182 g/mol. The third-order valence-corrected chi connectivity index (χ3v) is 2.32. The van der Waals surface area contributed by atoms with Gasteiger partial charge in [0.25, 0.3) is 0 Å². The van der Waals surface area contributed by atoms with Gasteiger partial charge in [-0.25, -0.2) is 0 Å². The average Bonchev–Trinajstić information content (AvgIpc) is 2.17. The average molecular weight is 192 g/mol. The summed E-state index contributed by atoms with van der Waals surface area (Å²) in [7, 11) is 0. The summed E-state index contributed by atoms with van der Waals surface area (Å²) in [5.41, 5.74) is 1.59. The lowest BCUT2D eigenvalue weighted by atomic mass is 10.00. The number of halogens is 1. The van der Waals surface area contributed by atoms with E-state index in [4.69, 9.17) is 16.9 Å². The summed E-state index contributed by atoms with van der Waals surface area (Å²) in [5, 5.41) is 9.24. The van der Waals surface area contributed by atoms with Crippen LogP contribution in [0, 0.1) is 11.3 Å². The largest absolute Gasteiger partial charge is 0.192 e. The van der Waals surface area contributed by atoms with E-state index in [1.54, 1.807) is 12.1 Å². The van der Waals surface area contributed by atoms with Crippen molar-refractivity contribution >= 4 is 11.6 Å². The van der Waals surface area contributed by atoms with Crippen LogP contribution >= 0.6 is 11.6 Å². The molecule has 1 nitrogen and oxygen atoms in total. The smallest absolute Gasteiger partial charge is 0.101 e. The summed E-state index contributed by atoms with van der Waals surface area (Å²) in [6.07, 6.45) is 1.84. The zero-order chi connectivity index (χ0) is 9.84. The molecule has 0 amide bonds. The molecule has 0 aliphatic rings. The fourth-order valence-corrected chi connectivity index (χ4v) is 1.21. The molecule has 0 N–H and O–H groups in total. The lowest BCUT2D eigenvalue weighted by Crippen LogP contribution is -1.89. The molecule has 0 saturated carbocycles. The predicted octanol–water partition coefficient (Wildman–Crippen LogP) is 3.50. The number of hydrogen-bond acceptors (Lipinski definition) is 1. The molecule has 1 aromatic carbocycles. The highest BCUT2D eigenvalue weighted by Gasteiger charge is 2.04. The Kier molecular flexibility index (Phi) is 3.11. The van der Waals surface area contributed by atoms with Crippen molar-refractivity contribution in [1.82, 2.24) is 0 Å². The number of allylic oxidation sites excluding steroid dienone is 1. The molecule has 0 heterocycles. The Labute approximate surface area is 83.3 Å². The minimum Gasteiger partial charge on any atom is -0.192 e. The molecule has 1 atom stereocenters. The fourth-order valence-electron chi connectivity index (χ4n) is 1.05. The van der Waals surface area contributed by atoms with Crippen molar-refractivity contribution in [1.29, 1.82) is 5.26 Å². The summed E-state index contributed by atoms with van der Waals surface area (Å²) in [4.78, 5) is 0. The summed E-state index contributed by atoms with van der Waals surface area (Å²) in [6.45, 7) is 5.72. The van der Waals surface area contributed by atoms with Crippen molar-refractivity contribution in [2.75, 3.05) is 0 Å². The van der Waals surface area contributed by atoms with Crippen LogP contribution in [0.5, 0.6) is 0 Å². The Balaban J connectivity index is 3.15. The van der Waals surface area contributed by atoms with Crippen molar-refractivity contribution in [3.63, 3.8) is 0 Å². The Morgan fingerprint density at radius 2 is 2.31 bits per heavy atom. The summed E-state index contributed by atoms with van der Waals surface area (Å²) < 4.78 is 0. The van der Waals surface area contributed by atoms with Gasteiger partial charge in [-0.2, -0.15) is 5.26 Å². The van der Waals surface area contributed by atoms with Crippen molar-refractivity contribution < 1.29 is 0 Å². The van der Waals surface area contributed by atoms with Crippen LogP contribution in [-0.4, -0.2) is 0 Å². The van der Waals surface area contributed by atoms with E-state index in [-0.39, 0.29) is 5.92 Å². The maximum Gasteiger partial charge on any atom is 0.101 e. The zero-order valence-corrected chi connectivity index (χ0v) is 8.17. The summed E-state index contributed by atoms with van der Waals surface area (Å²) >= 11 is 5.80. The quantitative estimate of drug-likeness (QED) is 0.657. The summed E-state index contributed by atoms with van der Waals surface area (Å²) in [6, 6.07) is 7.51. The second-order valence-electron chi connectivity index (χ2n) is 2.88. The first-order valence-electron chi connectivity index (χ1n) is 4.01. The third-order valence-electron chi connectivity index (χ3n) is 1.99. The Morgan fingerprint density at radius 3 is 2.85 bits per heavy atom. The molecular formula is C11H10ClN. The normalized spacial score (nSPS) is 11.8. The highest BCUT2D eigenvalue weighted by molar-refractivity contribution is 6.31. The lowest BCUT2D eigenvalue weighted by Gasteiger charge is -2.06. The van der Waals surface area contributed by atoms with Crippen LogP contribution in [0.4, 0.5) is 0 Å². The van der Waals surface area contributed by atoms with Gasteiger partial charge in [-0.1, -0.05) is 30.7 Å². The van der Waals surface area contributed by atoms with E-state index in [0.29, 0.717) is 10.6 Å². The van der Waals surface area contributed by atoms with E-state index in [9.17, 15) is 0 Å². The van der Waals surface area contributed by atoms with Crippen molar-refractivity contribution in [3.8, 4) is 6.07 Å². The zero-order valence-electron chi connectivity index (χ0n) is 7.42. The van der Waals surface area contributed by atoms with Crippen LogP contribution < -0.4 is 0 Å². The summed E-state index contributed by atoms with van der Waals surface area (Å²) in [5.74, 6) is 0.254. The van der Waals surface area contributed by atoms with Gasteiger partial charge in [-0.3, -0.25) is 0 Å². The van der Waals surface area contributed by atoms with Crippen LogP contribution in [0.25, 0.3) is 0 Å². The Morgan fingerprint density at radius 1 is 1.62 bits per heavy atom. The number of benzene rings is 1. The van der Waals surface area contributed by atoms with Crippen molar-refractivity contribution in [2.45, 2.75) is 12.8 Å². The first kappa shape index (κ1) is 9.83. The van der Waals surface area contributed by atoms with Gasteiger partial charge in [0.2, 0.25) is 0 Å². The van der Waals surface area contributed by atoms with Gasteiger partial charge < -0.3 is 0 Å². The maximum atomic E-state index is 8.74. The predicted molar refractivity (Wildman–Crippen MR) is 54.8 cm³/mol. The van der Waals surface area contributed by atoms with E-state index in [0.717, 1.165) is 5.56 Å². The molecule has 0 spiro atoms. The van der Waals surface area contributed by atoms with Gasteiger partial charge in [-0.15, -0.1) is 6.58 Å². The molecule has 0 aromatic heterocycles. The van der Waals surface area contributed by atoms with Crippen LogP contribution in [0.15, 0.2) is 30.9 Å². The molecule has 1 rings (SSSR count). The number of hydrogen-bond donors (Lipinski definition) is 0. The first-order valence-corrected chi connectivity index (χ1v) is 4.39. The minimum absolute atomic E-state index is 0.254. The van der Waals surface area contributed by atoms with Gasteiger partial charge >= 0.3 is 0 Å². The molecule has 2 heteroatoms. The molecule has 1 unspecified atom stereocenters. The van der Waals surface area contributed by atoms with Gasteiger partial charge in [0.1, 0.15) is 6.07 Å². The monoisotopic (exact) mass is 191 g/mol. The van der Waals surface area contributed by atoms with E-state index < -0.39 is 0 Å². The molecule has 0 fully saturated rings. The topological polar surface area (TPSA) is 23.8 Å².